The van der Waals surface area contributed by atoms with Gasteiger partial charge in [-0.2, -0.15) is 0 Å². The van der Waals surface area contributed by atoms with Gasteiger partial charge in [0.2, 0.25) is 0 Å². The third kappa shape index (κ3) is 3.30. The molecule has 1 aromatic carbocycles. The van der Waals surface area contributed by atoms with Crippen molar-refractivity contribution >= 4 is 33.4 Å². The van der Waals surface area contributed by atoms with Crippen LogP contribution in [0.4, 0.5) is 0 Å². The van der Waals surface area contributed by atoms with Gasteiger partial charge in [0.25, 0.3) is 5.91 Å². The zero-order chi connectivity index (χ0) is 13.8. The number of ether oxygens (including phenoxy) is 1. The number of benzene rings is 1. The lowest BCUT2D eigenvalue weighted by atomic mass is 10.1. The van der Waals surface area contributed by atoms with Crippen LogP contribution in [0.25, 0.3) is 0 Å². The average molecular weight is 342 g/mol. The summed E-state index contributed by atoms with van der Waals surface area (Å²) in [5.74, 6) is 0.586. The summed E-state index contributed by atoms with van der Waals surface area (Å²) in [6.45, 7) is 1.92. The summed E-state index contributed by atoms with van der Waals surface area (Å²) in [6.07, 6.45) is 1.46. The fraction of sp³-hybridized carbons (Fsp3) is 0.250. The molecule has 5 nitrogen and oxygen atoms in total. The molecule has 1 unspecified atom stereocenters. The first-order chi connectivity index (χ1) is 9.11. The van der Waals surface area contributed by atoms with Crippen LogP contribution in [-0.2, 0) is 0 Å². The highest BCUT2D eigenvalue weighted by molar-refractivity contribution is 9.10. The lowest BCUT2D eigenvalue weighted by Gasteiger charge is -2.14. The monoisotopic (exact) mass is 341 g/mol. The van der Waals surface area contributed by atoms with Gasteiger partial charge in [0.15, 0.2) is 0 Å². The predicted octanol–water partition coefficient (Wildman–Crippen LogP) is 2.80. The van der Waals surface area contributed by atoms with Crippen molar-refractivity contribution in [1.82, 2.24) is 14.9 Å². The molecule has 1 N–H and O–H groups in total. The van der Waals surface area contributed by atoms with Gasteiger partial charge in [-0.25, -0.2) is 0 Å². The fourth-order valence-electron chi connectivity index (χ4n) is 1.57. The molecule has 1 atom stereocenters. The lowest BCUT2D eigenvalue weighted by molar-refractivity contribution is 0.0944. The molecule has 0 spiro atoms. The molecule has 1 heterocycles. The molecule has 0 bridgehead atoms. The van der Waals surface area contributed by atoms with Crippen molar-refractivity contribution in [3.8, 4) is 5.75 Å². The van der Waals surface area contributed by atoms with Crippen molar-refractivity contribution in [2.45, 2.75) is 13.0 Å². The number of rotatable bonds is 4. The summed E-state index contributed by atoms with van der Waals surface area (Å²) in [5.41, 5.74) is 0.985. The quantitative estimate of drug-likeness (QED) is 0.928. The number of carbonyl (C=O) groups is 1. The maximum atomic E-state index is 11.9. The van der Waals surface area contributed by atoms with Crippen molar-refractivity contribution in [1.29, 1.82) is 0 Å². The third-order valence-corrected chi connectivity index (χ3v) is 3.89. The molecule has 2 rings (SSSR count). The first-order valence-electron chi connectivity index (χ1n) is 5.53. The van der Waals surface area contributed by atoms with E-state index in [1.54, 1.807) is 7.11 Å². The van der Waals surface area contributed by atoms with Gasteiger partial charge in [0, 0.05) is 0 Å². The van der Waals surface area contributed by atoms with E-state index in [2.05, 4.69) is 30.8 Å². The van der Waals surface area contributed by atoms with Crippen molar-refractivity contribution in [2.75, 3.05) is 7.11 Å². The van der Waals surface area contributed by atoms with Crippen molar-refractivity contribution < 1.29 is 9.53 Å². The summed E-state index contributed by atoms with van der Waals surface area (Å²) >= 11 is 4.50. The van der Waals surface area contributed by atoms with Crippen LogP contribution >= 0.6 is 27.5 Å². The predicted molar refractivity (Wildman–Crippen MR) is 76.5 cm³/mol. The molecule has 1 aromatic heterocycles. The van der Waals surface area contributed by atoms with Crippen molar-refractivity contribution in [2.24, 2.45) is 0 Å². The van der Waals surface area contributed by atoms with Gasteiger partial charge in [-0.3, -0.25) is 4.79 Å². The zero-order valence-electron chi connectivity index (χ0n) is 10.4. The van der Waals surface area contributed by atoms with E-state index in [1.165, 1.54) is 6.20 Å². The standard InChI is InChI=1S/C12H12BrN3O2S/c1-7(15-12(17)11-6-14-16-19-11)8-3-4-10(18-2)9(13)5-8/h3-7H,1-2H3,(H,15,17). The summed E-state index contributed by atoms with van der Waals surface area (Å²) in [7, 11) is 1.61. The summed E-state index contributed by atoms with van der Waals surface area (Å²) in [5, 5.41) is 6.54. The van der Waals surface area contributed by atoms with Gasteiger partial charge in [-0.05, 0) is 52.1 Å². The Balaban J connectivity index is 2.09. The van der Waals surface area contributed by atoms with E-state index in [-0.39, 0.29) is 11.9 Å². The van der Waals surface area contributed by atoms with E-state index in [0.717, 1.165) is 27.3 Å². The average Bonchev–Trinajstić information content (AvgIpc) is 2.92. The number of halogens is 1. The van der Waals surface area contributed by atoms with Gasteiger partial charge in [-0.15, -0.1) is 5.10 Å². The highest BCUT2D eigenvalue weighted by atomic mass is 79.9. The minimum absolute atomic E-state index is 0.114. The van der Waals surface area contributed by atoms with Gasteiger partial charge in [0.05, 0.1) is 23.8 Å². The minimum atomic E-state index is -0.172. The van der Waals surface area contributed by atoms with Crippen LogP contribution in [0.15, 0.2) is 28.9 Å². The first kappa shape index (κ1) is 14.0. The van der Waals surface area contributed by atoms with Crippen LogP contribution in [-0.4, -0.2) is 22.6 Å². The number of nitrogens with zero attached hydrogens (tertiary/aromatic N) is 2. The van der Waals surface area contributed by atoms with Crippen LogP contribution in [0.3, 0.4) is 0 Å². The van der Waals surface area contributed by atoms with Crippen molar-refractivity contribution in [3.05, 3.63) is 39.3 Å². The molecule has 0 radical (unpaired) electrons. The van der Waals surface area contributed by atoms with E-state index in [4.69, 9.17) is 4.74 Å². The molecule has 0 saturated carbocycles. The molecule has 2 aromatic rings. The number of carbonyl (C=O) groups excluding carboxylic acids is 1. The Morgan fingerprint density at radius 1 is 1.53 bits per heavy atom. The van der Waals surface area contributed by atoms with Crippen LogP contribution in [0.1, 0.15) is 28.2 Å². The van der Waals surface area contributed by atoms with Gasteiger partial charge in [-0.1, -0.05) is 10.6 Å². The molecule has 0 aliphatic heterocycles. The van der Waals surface area contributed by atoms with Gasteiger partial charge in [0.1, 0.15) is 10.6 Å². The topological polar surface area (TPSA) is 64.1 Å². The number of nitrogens with one attached hydrogen (secondary N) is 1. The van der Waals surface area contributed by atoms with Gasteiger partial charge < -0.3 is 10.1 Å². The smallest absolute Gasteiger partial charge is 0.265 e. The van der Waals surface area contributed by atoms with E-state index >= 15 is 0 Å². The minimum Gasteiger partial charge on any atom is -0.496 e. The number of aromatic nitrogens is 2. The Labute approximate surface area is 123 Å². The normalized spacial score (nSPS) is 11.9. The molecule has 0 fully saturated rings. The Kier molecular flexibility index (Phi) is 4.49. The number of amides is 1. The second-order valence-electron chi connectivity index (χ2n) is 3.87. The Bertz CT molecular complexity index is 574. The fourth-order valence-corrected chi connectivity index (χ4v) is 2.55. The summed E-state index contributed by atoms with van der Waals surface area (Å²) in [4.78, 5) is 12.4. The van der Waals surface area contributed by atoms with Gasteiger partial charge >= 0.3 is 0 Å². The molecule has 0 aliphatic carbocycles. The zero-order valence-corrected chi connectivity index (χ0v) is 12.8. The Morgan fingerprint density at radius 2 is 2.32 bits per heavy atom. The second kappa shape index (κ2) is 6.12. The third-order valence-electron chi connectivity index (χ3n) is 2.61. The van der Waals surface area contributed by atoms with E-state index in [1.807, 2.05) is 25.1 Å². The first-order valence-corrected chi connectivity index (χ1v) is 7.10. The maximum absolute atomic E-state index is 11.9. The van der Waals surface area contributed by atoms with E-state index in [0.29, 0.717) is 4.88 Å². The molecule has 0 aliphatic rings. The lowest BCUT2D eigenvalue weighted by Crippen LogP contribution is -2.25. The summed E-state index contributed by atoms with van der Waals surface area (Å²) < 4.78 is 9.69. The van der Waals surface area contributed by atoms with Crippen LogP contribution in [0, 0.1) is 0 Å². The van der Waals surface area contributed by atoms with Crippen LogP contribution in [0.2, 0.25) is 0 Å². The molecular weight excluding hydrogens is 330 g/mol. The van der Waals surface area contributed by atoms with Crippen LogP contribution < -0.4 is 10.1 Å². The molecule has 7 heteroatoms. The molecule has 100 valence electrons. The molecule has 19 heavy (non-hydrogen) atoms. The Morgan fingerprint density at radius 3 is 2.89 bits per heavy atom. The highest BCUT2D eigenvalue weighted by Crippen LogP contribution is 2.28. The Hall–Kier alpha value is -1.47. The van der Waals surface area contributed by atoms with Crippen LogP contribution in [0.5, 0.6) is 5.75 Å². The molecular formula is C12H12BrN3O2S. The van der Waals surface area contributed by atoms with E-state index in [9.17, 15) is 4.79 Å². The number of methoxy groups -OCH3 is 1. The van der Waals surface area contributed by atoms with Crippen molar-refractivity contribution in [3.63, 3.8) is 0 Å². The molecule has 1 amide bonds. The van der Waals surface area contributed by atoms with E-state index < -0.39 is 0 Å². The largest absolute Gasteiger partial charge is 0.496 e. The number of hydrogen-bond acceptors (Lipinski definition) is 5. The highest BCUT2D eigenvalue weighted by Gasteiger charge is 2.14. The SMILES string of the molecule is COc1ccc(C(C)NC(=O)c2cnns2)cc1Br. The maximum Gasteiger partial charge on any atom is 0.265 e. The second-order valence-corrected chi connectivity index (χ2v) is 5.51. The molecule has 0 saturated heterocycles. The number of hydrogen-bond donors (Lipinski definition) is 1. The summed E-state index contributed by atoms with van der Waals surface area (Å²) in [6, 6.07) is 5.58.